The molecule has 1 heterocycles. The molecule has 5 heteroatoms. The number of aryl methyl sites for hydroxylation is 1. The van der Waals surface area contributed by atoms with Gasteiger partial charge in [0.25, 0.3) is 0 Å². The SMILES string of the molecule is Cc1ccc(-c2nc(N)c(I)c(C(C)C)n2)c(Br)c1. The topological polar surface area (TPSA) is 51.8 Å². The molecule has 1 aromatic heterocycles. The van der Waals surface area contributed by atoms with E-state index in [0.29, 0.717) is 17.6 Å². The number of rotatable bonds is 2. The normalized spacial score (nSPS) is 11.1. The molecule has 0 aliphatic rings. The van der Waals surface area contributed by atoms with Crippen LogP contribution in [0, 0.1) is 10.5 Å². The second-order valence-corrected chi connectivity index (χ2v) is 6.70. The maximum absolute atomic E-state index is 6.00. The molecule has 0 atom stereocenters. The quantitative estimate of drug-likeness (QED) is 0.711. The molecule has 0 saturated carbocycles. The van der Waals surface area contributed by atoms with E-state index < -0.39 is 0 Å². The fourth-order valence-electron chi connectivity index (χ4n) is 1.79. The highest BCUT2D eigenvalue weighted by atomic mass is 127. The maximum atomic E-state index is 6.00. The summed E-state index contributed by atoms with van der Waals surface area (Å²) in [6.45, 7) is 6.27. The summed E-state index contributed by atoms with van der Waals surface area (Å²) in [5, 5.41) is 0. The van der Waals surface area contributed by atoms with Crippen LogP contribution < -0.4 is 5.73 Å². The fourth-order valence-corrected chi connectivity index (χ4v) is 3.32. The van der Waals surface area contributed by atoms with Crippen molar-refractivity contribution in [1.29, 1.82) is 0 Å². The first kappa shape index (κ1) is 14.7. The molecule has 2 N–H and O–H groups in total. The summed E-state index contributed by atoms with van der Waals surface area (Å²) < 4.78 is 1.93. The lowest BCUT2D eigenvalue weighted by Crippen LogP contribution is -2.06. The van der Waals surface area contributed by atoms with Crippen LogP contribution in [-0.4, -0.2) is 9.97 Å². The van der Waals surface area contributed by atoms with Crippen LogP contribution >= 0.6 is 38.5 Å². The van der Waals surface area contributed by atoms with Gasteiger partial charge in [0.05, 0.1) is 9.26 Å². The highest BCUT2D eigenvalue weighted by molar-refractivity contribution is 14.1. The summed E-state index contributed by atoms with van der Waals surface area (Å²) in [6, 6.07) is 6.12. The van der Waals surface area contributed by atoms with E-state index in [1.54, 1.807) is 0 Å². The van der Waals surface area contributed by atoms with Crippen LogP contribution in [0.4, 0.5) is 5.82 Å². The molecule has 1 aromatic carbocycles. The molecule has 19 heavy (non-hydrogen) atoms. The predicted molar refractivity (Wildman–Crippen MR) is 91.1 cm³/mol. The Balaban J connectivity index is 2.63. The Hall–Kier alpha value is -0.690. The number of benzene rings is 1. The van der Waals surface area contributed by atoms with Crippen molar-refractivity contribution in [3.63, 3.8) is 0 Å². The van der Waals surface area contributed by atoms with Crippen LogP contribution in [0.5, 0.6) is 0 Å². The summed E-state index contributed by atoms with van der Waals surface area (Å²) in [7, 11) is 0. The second kappa shape index (κ2) is 5.75. The van der Waals surface area contributed by atoms with Crippen LogP contribution in [0.1, 0.15) is 31.0 Å². The Labute approximate surface area is 135 Å². The molecule has 0 amide bonds. The Kier molecular flexibility index (Phi) is 4.45. The van der Waals surface area contributed by atoms with Crippen LogP contribution in [0.15, 0.2) is 22.7 Å². The van der Waals surface area contributed by atoms with Crippen molar-refractivity contribution in [3.8, 4) is 11.4 Å². The van der Waals surface area contributed by atoms with Gasteiger partial charge in [0.15, 0.2) is 5.82 Å². The molecular formula is C14H15BrIN3. The number of aromatic nitrogens is 2. The molecule has 0 radical (unpaired) electrons. The summed E-state index contributed by atoms with van der Waals surface area (Å²) in [4.78, 5) is 9.07. The van der Waals surface area contributed by atoms with Gasteiger partial charge in [-0.1, -0.05) is 35.8 Å². The van der Waals surface area contributed by atoms with E-state index >= 15 is 0 Å². The van der Waals surface area contributed by atoms with Crippen molar-refractivity contribution in [2.24, 2.45) is 0 Å². The minimum atomic E-state index is 0.320. The van der Waals surface area contributed by atoms with Crippen molar-refractivity contribution < 1.29 is 0 Å². The number of halogens is 2. The molecule has 0 fully saturated rings. The van der Waals surface area contributed by atoms with Gasteiger partial charge in [-0.2, -0.15) is 0 Å². The Bertz CT molecular complexity index is 626. The monoisotopic (exact) mass is 431 g/mol. The maximum Gasteiger partial charge on any atom is 0.162 e. The Morgan fingerprint density at radius 3 is 2.53 bits per heavy atom. The van der Waals surface area contributed by atoms with E-state index in [4.69, 9.17) is 5.73 Å². The minimum absolute atomic E-state index is 0.320. The third-order valence-corrected chi connectivity index (χ3v) is 4.58. The molecule has 100 valence electrons. The zero-order valence-corrected chi connectivity index (χ0v) is 14.8. The van der Waals surface area contributed by atoms with Gasteiger partial charge in [0, 0.05) is 10.0 Å². The average Bonchev–Trinajstić information content (AvgIpc) is 2.32. The summed E-state index contributed by atoms with van der Waals surface area (Å²) in [5.41, 5.74) is 9.16. The van der Waals surface area contributed by atoms with Gasteiger partial charge < -0.3 is 5.73 Å². The number of nitrogens with zero attached hydrogens (tertiary/aromatic N) is 2. The van der Waals surface area contributed by atoms with E-state index in [1.165, 1.54) is 5.56 Å². The van der Waals surface area contributed by atoms with E-state index in [2.05, 4.69) is 75.3 Å². The first-order valence-electron chi connectivity index (χ1n) is 5.99. The molecular weight excluding hydrogens is 417 g/mol. The Morgan fingerprint density at radius 1 is 1.26 bits per heavy atom. The van der Waals surface area contributed by atoms with Crippen molar-refractivity contribution in [2.45, 2.75) is 26.7 Å². The van der Waals surface area contributed by atoms with E-state index in [9.17, 15) is 0 Å². The first-order valence-corrected chi connectivity index (χ1v) is 7.86. The lowest BCUT2D eigenvalue weighted by atomic mass is 10.1. The number of hydrogen-bond acceptors (Lipinski definition) is 3. The van der Waals surface area contributed by atoms with Gasteiger partial charge in [0.1, 0.15) is 5.82 Å². The number of nitrogens with two attached hydrogens (primary N) is 1. The van der Waals surface area contributed by atoms with Gasteiger partial charge in [-0.05, 0) is 53.1 Å². The summed E-state index contributed by atoms with van der Waals surface area (Å²) in [6.07, 6.45) is 0. The van der Waals surface area contributed by atoms with Crippen LogP contribution in [0.2, 0.25) is 0 Å². The molecule has 3 nitrogen and oxygen atoms in total. The van der Waals surface area contributed by atoms with Gasteiger partial charge in [0.2, 0.25) is 0 Å². The average molecular weight is 432 g/mol. The fraction of sp³-hybridized carbons (Fsp3) is 0.286. The minimum Gasteiger partial charge on any atom is -0.383 e. The van der Waals surface area contributed by atoms with E-state index in [1.807, 2.05) is 12.1 Å². The van der Waals surface area contributed by atoms with Crippen molar-refractivity contribution >= 4 is 44.3 Å². The molecule has 2 aromatic rings. The van der Waals surface area contributed by atoms with E-state index in [0.717, 1.165) is 19.3 Å². The predicted octanol–water partition coefficient (Wildman–Crippen LogP) is 4.52. The number of nitrogen functional groups attached to an aromatic ring is 1. The van der Waals surface area contributed by atoms with E-state index in [-0.39, 0.29) is 0 Å². The van der Waals surface area contributed by atoms with Crippen LogP contribution in [0.3, 0.4) is 0 Å². The number of hydrogen-bond donors (Lipinski definition) is 1. The van der Waals surface area contributed by atoms with Crippen LogP contribution in [-0.2, 0) is 0 Å². The lowest BCUT2D eigenvalue weighted by Gasteiger charge is -2.12. The summed E-state index contributed by atoms with van der Waals surface area (Å²) in [5.74, 6) is 1.54. The summed E-state index contributed by atoms with van der Waals surface area (Å²) >= 11 is 5.77. The smallest absolute Gasteiger partial charge is 0.162 e. The van der Waals surface area contributed by atoms with Crippen molar-refractivity contribution in [3.05, 3.63) is 37.5 Å². The lowest BCUT2D eigenvalue weighted by molar-refractivity contribution is 0.810. The van der Waals surface area contributed by atoms with Crippen LogP contribution in [0.25, 0.3) is 11.4 Å². The van der Waals surface area contributed by atoms with Crippen molar-refractivity contribution in [2.75, 3.05) is 5.73 Å². The third kappa shape index (κ3) is 3.08. The molecule has 0 aliphatic heterocycles. The molecule has 0 unspecified atom stereocenters. The van der Waals surface area contributed by atoms with Gasteiger partial charge in [-0.3, -0.25) is 0 Å². The zero-order chi connectivity index (χ0) is 14.2. The standard InChI is InChI=1S/C14H15BrIN3/c1-7(2)12-11(16)13(17)19-14(18-12)9-5-4-8(3)6-10(9)15/h4-7H,1-3H3,(H2,17,18,19). The molecule has 2 rings (SSSR count). The van der Waals surface area contributed by atoms with Gasteiger partial charge in [-0.25, -0.2) is 9.97 Å². The second-order valence-electron chi connectivity index (χ2n) is 4.77. The first-order chi connectivity index (χ1) is 8.90. The molecule has 0 spiro atoms. The number of anilines is 1. The zero-order valence-electron chi connectivity index (χ0n) is 11.0. The largest absolute Gasteiger partial charge is 0.383 e. The molecule has 0 saturated heterocycles. The van der Waals surface area contributed by atoms with Crippen molar-refractivity contribution in [1.82, 2.24) is 9.97 Å². The Morgan fingerprint density at radius 2 is 1.95 bits per heavy atom. The van der Waals surface area contributed by atoms with Gasteiger partial charge in [-0.15, -0.1) is 0 Å². The molecule has 0 bridgehead atoms. The highest BCUT2D eigenvalue weighted by Gasteiger charge is 2.15. The highest BCUT2D eigenvalue weighted by Crippen LogP contribution is 2.30. The molecule has 0 aliphatic carbocycles. The third-order valence-electron chi connectivity index (χ3n) is 2.81. The van der Waals surface area contributed by atoms with Gasteiger partial charge >= 0.3 is 0 Å².